The van der Waals surface area contributed by atoms with Gasteiger partial charge >= 0.3 is 0 Å². The minimum atomic E-state index is -3.98. The van der Waals surface area contributed by atoms with Gasteiger partial charge in [0.2, 0.25) is 0 Å². The molecule has 3 nitrogen and oxygen atoms in total. The van der Waals surface area contributed by atoms with Crippen LogP contribution in [-0.4, -0.2) is 13.5 Å². The Kier molecular flexibility index (Phi) is 4.46. The molecule has 2 aromatic rings. The summed E-state index contributed by atoms with van der Waals surface area (Å²) in [7, 11) is -3.98. The lowest BCUT2D eigenvalue weighted by Gasteiger charge is -2.09. The van der Waals surface area contributed by atoms with Gasteiger partial charge in [0.15, 0.2) is 15.6 Å². The maximum absolute atomic E-state index is 13.8. The van der Waals surface area contributed by atoms with E-state index in [0.717, 1.165) is 6.07 Å². The number of hydrogen-bond acceptors (Lipinski definition) is 3. The van der Waals surface area contributed by atoms with Crippen molar-refractivity contribution in [3.8, 4) is 5.75 Å². The van der Waals surface area contributed by atoms with E-state index < -0.39 is 32.1 Å². The van der Waals surface area contributed by atoms with Crippen LogP contribution in [0.4, 0.5) is 4.39 Å². The average Bonchev–Trinajstić information content (AvgIpc) is 2.37. The number of sulfone groups is 1. The molecule has 0 aliphatic heterocycles. The van der Waals surface area contributed by atoms with Crippen molar-refractivity contribution in [3.05, 3.63) is 57.3 Å². The van der Waals surface area contributed by atoms with Gasteiger partial charge in [-0.1, -0.05) is 35.3 Å². The fraction of sp³-hybridized carbons (Fsp3) is 0.143. The molecule has 0 unspecified atom stereocenters. The lowest BCUT2D eigenvalue weighted by molar-refractivity contribution is 0.459. The second-order valence-electron chi connectivity index (χ2n) is 4.59. The molecule has 0 saturated heterocycles. The number of halogens is 3. The van der Waals surface area contributed by atoms with E-state index in [2.05, 4.69) is 0 Å². The standard InChI is InChI=1S/C14H11Cl2FO3S/c1-8-2-3-9(12(17)4-8)7-21(19,20)13-6-10(15)5-11(16)14(13)18/h2-6,18H,7H2,1H3. The van der Waals surface area contributed by atoms with E-state index in [1.165, 1.54) is 18.2 Å². The summed E-state index contributed by atoms with van der Waals surface area (Å²) in [6.45, 7) is 1.70. The minimum absolute atomic E-state index is 0.0103. The lowest BCUT2D eigenvalue weighted by Crippen LogP contribution is -2.07. The molecule has 0 aromatic heterocycles. The second kappa shape index (κ2) is 5.83. The van der Waals surface area contributed by atoms with Crippen molar-refractivity contribution in [1.82, 2.24) is 0 Å². The zero-order valence-corrected chi connectivity index (χ0v) is 13.2. The summed E-state index contributed by atoms with van der Waals surface area (Å²) >= 11 is 11.5. The van der Waals surface area contributed by atoms with Gasteiger partial charge in [0, 0.05) is 10.6 Å². The first-order valence-corrected chi connectivity index (χ1v) is 8.27. The number of phenols is 1. The highest BCUT2D eigenvalue weighted by molar-refractivity contribution is 7.90. The van der Waals surface area contributed by atoms with Crippen LogP contribution < -0.4 is 0 Å². The predicted molar refractivity (Wildman–Crippen MR) is 80.2 cm³/mol. The second-order valence-corrected chi connectivity index (χ2v) is 7.39. The largest absolute Gasteiger partial charge is 0.505 e. The van der Waals surface area contributed by atoms with Crippen LogP contribution in [0.15, 0.2) is 35.2 Å². The molecule has 0 atom stereocenters. The smallest absolute Gasteiger partial charge is 0.186 e. The van der Waals surface area contributed by atoms with Gasteiger partial charge in [-0.25, -0.2) is 12.8 Å². The number of benzene rings is 2. The molecule has 1 N–H and O–H groups in total. The maximum Gasteiger partial charge on any atom is 0.186 e. The molecule has 0 aliphatic carbocycles. The van der Waals surface area contributed by atoms with Crippen molar-refractivity contribution in [2.45, 2.75) is 17.6 Å². The quantitative estimate of drug-likeness (QED) is 0.907. The van der Waals surface area contributed by atoms with Crippen molar-refractivity contribution in [1.29, 1.82) is 0 Å². The summed E-state index contributed by atoms with van der Waals surface area (Å²) in [6.07, 6.45) is 0. The van der Waals surface area contributed by atoms with E-state index in [1.807, 2.05) is 0 Å². The van der Waals surface area contributed by atoms with Crippen LogP contribution in [0.1, 0.15) is 11.1 Å². The summed E-state index contributed by atoms with van der Waals surface area (Å²) in [5.41, 5.74) is 0.693. The van der Waals surface area contributed by atoms with Gasteiger partial charge < -0.3 is 5.11 Å². The van der Waals surface area contributed by atoms with Gasteiger partial charge in [-0.15, -0.1) is 0 Å². The van der Waals surface area contributed by atoms with Crippen LogP contribution in [0.3, 0.4) is 0 Å². The predicted octanol–water partition coefficient (Wildman–Crippen LogP) is 4.12. The highest BCUT2D eigenvalue weighted by Gasteiger charge is 2.23. The van der Waals surface area contributed by atoms with Gasteiger partial charge in [-0.05, 0) is 30.7 Å². The van der Waals surface area contributed by atoms with Crippen LogP contribution in [-0.2, 0) is 15.6 Å². The Hall–Kier alpha value is -1.30. The summed E-state index contributed by atoms with van der Waals surface area (Å²) in [4.78, 5) is -0.417. The molecule has 21 heavy (non-hydrogen) atoms. The van der Waals surface area contributed by atoms with Crippen LogP contribution in [0.5, 0.6) is 5.75 Å². The zero-order valence-electron chi connectivity index (χ0n) is 10.9. The molecule has 0 fully saturated rings. The Bertz CT molecular complexity index is 804. The molecule has 7 heteroatoms. The molecule has 2 rings (SSSR count). The number of rotatable bonds is 3. The molecule has 0 radical (unpaired) electrons. The van der Waals surface area contributed by atoms with Gasteiger partial charge in [-0.3, -0.25) is 0 Å². The molecular formula is C14H11Cl2FO3S. The first kappa shape index (κ1) is 16.1. The highest BCUT2D eigenvalue weighted by atomic mass is 35.5. The Labute approximate surface area is 131 Å². The molecule has 112 valence electrons. The zero-order chi connectivity index (χ0) is 15.8. The topological polar surface area (TPSA) is 54.4 Å². The van der Waals surface area contributed by atoms with E-state index >= 15 is 0 Å². The summed E-state index contributed by atoms with van der Waals surface area (Å²) in [6, 6.07) is 6.56. The molecule has 0 aliphatic rings. The molecule has 0 heterocycles. The summed E-state index contributed by atoms with van der Waals surface area (Å²) in [5, 5.41) is 9.68. The number of aryl methyl sites for hydroxylation is 1. The van der Waals surface area contributed by atoms with Crippen LogP contribution >= 0.6 is 23.2 Å². The summed E-state index contributed by atoms with van der Waals surface area (Å²) in [5.74, 6) is -1.80. The van der Waals surface area contributed by atoms with Crippen LogP contribution in [0, 0.1) is 12.7 Å². The van der Waals surface area contributed by atoms with Crippen LogP contribution in [0.25, 0.3) is 0 Å². The first-order chi connectivity index (χ1) is 9.70. The third-order valence-electron chi connectivity index (χ3n) is 2.88. The Morgan fingerprint density at radius 3 is 2.48 bits per heavy atom. The Morgan fingerprint density at radius 1 is 1.19 bits per heavy atom. The van der Waals surface area contributed by atoms with Crippen molar-refractivity contribution >= 4 is 33.0 Å². The highest BCUT2D eigenvalue weighted by Crippen LogP contribution is 2.35. The van der Waals surface area contributed by atoms with Gasteiger partial charge in [0.25, 0.3) is 0 Å². The SMILES string of the molecule is Cc1ccc(CS(=O)(=O)c2cc(Cl)cc(Cl)c2O)c(F)c1. The lowest BCUT2D eigenvalue weighted by atomic mass is 10.2. The fourth-order valence-electron chi connectivity index (χ4n) is 1.83. The minimum Gasteiger partial charge on any atom is -0.505 e. The van der Waals surface area contributed by atoms with Crippen molar-refractivity contribution in [2.24, 2.45) is 0 Å². The molecule has 0 bridgehead atoms. The number of phenolic OH excluding ortho intramolecular Hbond substituents is 1. The molecular weight excluding hydrogens is 338 g/mol. The number of hydrogen-bond donors (Lipinski definition) is 1. The van der Waals surface area contributed by atoms with Crippen molar-refractivity contribution in [2.75, 3.05) is 0 Å². The fourth-order valence-corrected chi connectivity index (χ4v) is 3.96. The van der Waals surface area contributed by atoms with Crippen molar-refractivity contribution in [3.63, 3.8) is 0 Å². The van der Waals surface area contributed by atoms with Gasteiger partial charge in [0.05, 0.1) is 10.8 Å². The van der Waals surface area contributed by atoms with E-state index in [-0.39, 0.29) is 15.6 Å². The third kappa shape index (κ3) is 3.48. The Morgan fingerprint density at radius 2 is 1.86 bits per heavy atom. The van der Waals surface area contributed by atoms with E-state index in [4.69, 9.17) is 23.2 Å². The average molecular weight is 349 g/mol. The van der Waals surface area contributed by atoms with E-state index in [9.17, 15) is 17.9 Å². The summed E-state index contributed by atoms with van der Waals surface area (Å²) < 4.78 is 38.4. The third-order valence-corrected chi connectivity index (χ3v) is 5.06. The Balaban J connectivity index is 2.48. The monoisotopic (exact) mass is 348 g/mol. The molecule has 0 amide bonds. The van der Waals surface area contributed by atoms with Crippen LogP contribution in [0.2, 0.25) is 10.0 Å². The number of aromatic hydroxyl groups is 1. The first-order valence-electron chi connectivity index (χ1n) is 5.86. The van der Waals surface area contributed by atoms with Gasteiger partial charge in [0.1, 0.15) is 10.7 Å². The van der Waals surface area contributed by atoms with E-state index in [0.29, 0.717) is 5.56 Å². The molecule has 2 aromatic carbocycles. The van der Waals surface area contributed by atoms with Crippen molar-refractivity contribution < 1.29 is 17.9 Å². The van der Waals surface area contributed by atoms with E-state index in [1.54, 1.807) is 13.0 Å². The maximum atomic E-state index is 13.8. The normalized spacial score (nSPS) is 11.6. The molecule has 0 saturated carbocycles. The van der Waals surface area contributed by atoms with Gasteiger partial charge in [-0.2, -0.15) is 0 Å². The molecule has 0 spiro atoms.